The lowest BCUT2D eigenvalue weighted by atomic mass is 10.1. The van der Waals surface area contributed by atoms with Crippen molar-refractivity contribution in [2.45, 2.75) is 25.8 Å². The van der Waals surface area contributed by atoms with Gasteiger partial charge in [0.2, 0.25) is 11.8 Å². The Morgan fingerprint density at radius 2 is 2.25 bits per heavy atom. The van der Waals surface area contributed by atoms with Crippen molar-refractivity contribution in [3.05, 3.63) is 0 Å². The summed E-state index contributed by atoms with van der Waals surface area (Å²) in [7, 11) is 1.24. The summed E-state index contributed by atoms with van der Waals surface area (Å²) in [5.41, 5.74) is 5.19. The smallest absolute Gasteiger partial charge is 0.318 e. The minimum Gasteiger partial charge on any atom is -0.468 e. The molecule has 0 bridgehead atoms. The highest BCUT2D eigenvalue weighted by Gasteiger charge is 2.41. The van der Waals surface area contributed by atoms with Gasteiger partial charge in [-0.2, -0.15) is 0 Å². The van der Waals surface area contributed by atoms with Crippen LogP contribution in [0.25, 0.3) is 0 Å². The maximum Gasteiger partial charge on any atom is 0.318 e. The number of carbonyl (C=O) groups excluding carboxylic acids is 3. The number of amides is 2. The summed E-state index contributed by atoms with van der Waals surface area (Å²) in [5.74, 6) is -2.23. The van der Waals surface area contributed by atoms with Crippen molar-refractivity contribution in [1.29, 1.82) is 0 Å². The van der Waals surface area contributed by atoms with Gasteiger partial charge in [0, 0.05) is 6.54 Å². The summed E-state index contributed by atoms with van der Waals surface area (Å²) in [6.07, 6.45) is 0.838. The van der Waals surface area contributed by atoms with Crippen LogP contribution in [0.1, 0.15) is 19.8 Å². The molecule has 6 heteroatoms. The highest BCUT2D eigenvalue weighted by molar-refractivity contribution is 6.01. The number of likely N-dealkylation sites (tertiary alicyclic amines) is 1. The van der Waals surface area contributed by atoms with E-state index in [9.17, 15) is 14.4 Å². The molecule has 0 aromatic heterocycles. The third kappa shape index (κ3) is 2.15. The van der Waals surface area contributed by atoms with Crippen molar-refractivity contribution in [2.75, 3.05) is 13.7 Å². The summed E-state index contributed by atoms with van der Waals surface area (Å²) >= 11 is 0. The maximum absolute atomic E-state index is 11.8. The molecule has 2 amide bonds. The van der Waals surface area contributed by atoms with Gasteiger partial charge in [-0.3, -0.25) is 14.4 Å². The highest BCUT2D eigenvalue weighted by atomic mass is 16.5. The van der Waals surface area contributed by atoms with Crippen LogP contribution in [0.15, 0.2) is 0 Å². The number of hydrogen-bond donors (Lipinski definition) is 1. The minimum atomic E-state index is -0.779. The molecule has 1 unspecified atom stereocenters. The Kier molecular flexibility index (Phi) is 3.87. The monoisotopic (exact) mass is 228 g/mol. The molecule has 2 N–H and O–H groups in total. The molecule has 1 heterocycles. The van der Waals surface area contributed by atoms with Crippen LogP contribution in [0.2, 0.25) is 0 Å². The van der Waals surface area contributed by atoms with E-state index in [1.165, 1.54) is 12.0 Å². The van der Waals surface area contributed by atoms with E-state index in [0.717, 1.165) is 0 Å². The van der Waals surface area contributed by atoms with Crippen LogP contribution < -0.4 is 5.73 Å². The molecule has 1 fully saturated rings. The molecule has 0 aromatic rings. The molecule has 0 radical (unpaired) electrons. The Morgan fingerprint density at radius 1 is 1.62 bits per heavy atom. The summed E-state index contributed by atoms with van der Waals surface area (Å²) in [6, 6.07) is -0.623. The standard InChI is InChI=1S/C10H16N2O4/c1-3-7(8(11)13)12-5-4-6(9(12)14)10(15)16-2/h6-7H,3-5H2,1-2H3,(H2,11,13)/t6?,7-/m0/s1. The van der Waals surface area contributed by atoms with Crippen LogP contribution in [-0.4, -0.2) is 42.4 Å². The molecule has 1 aliphatic rings. The van der Waals surface area contributed by atoms with Gasteiger partial charge >= 0.3 is 5.97 Å². The third-order valence-corrected chi connectivity index (χ3v) is 2.82. The fraction of sp³-hybridized carbons (Fsp3) is 0.700. The van der Waals surface area contributed by atoms with Crippen LogP contribution in [-0.2, 0) is 19.1 Å². The second kappa shape index (κ2) is 4.96. The normalized spacial score (nSPS) is 22.0. The predicted molar refractivity (Wildman–Crippen MR) is 55.1 cm³/mol. The average Bonchev–Trinajstić information content (AvgIpc) is 2.61. The lowest BCUT2D eigenvalue weighted by Crippen LogP contribution is -2.46. The van der Waals surface area contributed by atoms with Gasteiger partial charge in [-0.05, 0) is 12.8 Å². The Bertz CT molecular complexity index is 316. The van der Waals surface area contributed by atoms with E-state index in [4.69, 9.17) is 5.73 Å². The van der Waals surface area contributed by atoms with Gasteiger partial charge in [-0.25, -0.2) is 0 Å². The van der Waals surface area contributed by atoms with Crippen LogP contribution in [0.5, 0.6) is 0 Å². The third-order valence-electron chi connectivity index (χ3n) is 2.82. The van der Waals surface area contributed by atoms with Crippen molar-refractivity contribution >= 4 is 17.8 Å². The molecule has 0 spiro atoms. The molecule has 1 aliphatic heterocycles. The Labute approximate surface area is 93.7 Å². The molecule has 16 heavy (non-hydrogen) atoms. The highest BCUT2D eigenvalue weighted by Crippen LogP contribution is 2.22. The number of esters is 1. The van der Waals surface area contributed by atoms with Gasteiger partial charge in [-0.1, -0.05) is 6.92 Å². The zero-order chi connectivity index (χ0) is 12.3. The quantitative estimate of drug-likeness (QED) is 0.507. The second-order valence-electron chi connectivity index (χ2n) is 3.72. The Balaban J connectivity index is 2.77. The van der Waals surface area contributed by atoms with Crippen molar-refractivity contribution in [3.63, 3.8) is 0 Å². The molecular formula is C10H16N2O4. The second-order valence-corrected chi connectivity index (χ2v) is 3.72. The van der Waals surface area contributed by atoms with E-state index in [1.807, 2.05) is 0 Å². The topological polar surface area (TPSA) is 89.7 Å². The molecule has 2 atom stereocenters. The summed E-state index contributed by atoms with van der Waals surface area (Å²) < 4.78 is 4.52. The molecule has 6 nitrogen and oxygen atoms in total. The maximum atomic E-state index is 11.8. The largest absolute Gasteiger partial charge is 0.468 e. The van der Waals surface area contributed by atoms with E-state index >= 15 is 0 Å². The average molecular weight is 228 g/mol. The van der Waals surface area contributed by atoms with Crippen LogP contribution >= 0.6 is 0 Å². The van der Waals surface area contributed by atoms with Gasteiger partial charge in [0.25, 0.3) is 0 Å². The van der Waals surface area contributed by atoms with E-state index in [2.05, 4.69) is 4.74 Å². The molecule has 90 valence electrons. The zero-order valence-electron chi connectivity index (χ0n) is 9.43. The fourth-order valence-corrected chi connectivity index (χ4v) is 1.95. The number of hydrogen-bond acceptors (Lipinski definition) is 4. The van der Waals surface area contributed by atoms with E-state index < -0.39 is 23.8 Å². The van der Waals surface area contributed by atoms with Crippen molar-refractivity contribution in [3.8, 4) is 0 Å². The Morgan fingerprint density at radius 3 is 2.69 bits per heavy atom. The van der Waals surface area contributed by atoms with E-state index in [0.29, 0.717) is 19.4 Å². The molecule has 0 aliphatic carbocycles. The number of ether oxygens (including phenoxy) is 1. The van der Waals surface area contributed by atoms with Gasteiger partial charge in [0.15, 0.2) is 0 Å². The number of methoxy groups -OCH3 is 1. The van der Waals surface area contributed by atoms with Gasteiger partial charge in [-0.15, -0.1) is 0 Å². The van der Waals surface area contributed by atoms with Crippen LogP contribution in [0.3, 0.4) is 0 Å². The summed E-state index contributed by atoms with van der Waals surface area (Å²) in [4.78, 5) is 35.6. The van der Waals surface area contributed by atoms with Crippen molar-refractivity contribution in [1.82, 2.24) is 4.90 Å². The van der Waals surface area contributed by atoms with Gasteiger partial charge in [0.05, 0.1) is 7.11 Å². The number of nitrogens with two attached hydrogens (primary N) is 1. The van der Waals surface area contributed by atoms with Crippen molar-refractivity contribution in [2.24, 2.45) is 11.7 Å². The van der Waals surface area contributed by atoms with Crippen LogP contribution in [0, 0.1) is 5.92 Å². The first-order valence-corrected chi connectivity index (χ1v) is 5.20. The predicted octanol–water partition coefficient (Wildman–Crippen LogP) is -0.728. The lowest BCUT2D eigenvalue weighted by Gasteiger charge is -2.24. The van der Waals surface area contributed by atoms with Gasteiger partial charge < -0.3 is 15.4 Å². The lowest BCUT2D eigenvalue weighted by molar-refractivity contribution is -0.152. The number of nitrogens with zero attached hydrogens (tertiary/aromatic N) is 1. The first-order valence-electron chi connectivity index (χ1n) is 5.20. The SMILES string of the molecule is CC[C@@H](C(N)=O)N1CCC(C(=O)OC)C1=O. The molecule has 1 rings (SSSR count). The molecular weight excluding hydrogens is 212 g/mol. The van der Waals surface area contributed by atoms with E-state index in [1.54, 1.807) is 6.92 Å². The molecule has 1 saturated heterocycles. The number of rotatable bonds is 4. The number of primary amides is 1. The molecule has 0 saturated carbocycles. The van der Waals surface area contributed by atoms with Crippen LogP contribution in [0.4, 0.5) is 0 Å². The molecule has 0 aromatic carbocycles. The van der Waals surface area contributed by atoms with Gasteiger partial charge in [0.1, 0.15) is 12.0 Å². The first-order chi connectivity index (χ1) is 7.52. The first kappa shape index (κ1) is 12.5. The fourth-order valence-electron chi connectivity index (χ4n) is 1.95. The number of carbonyl (C=O) groups is 3. The minimum absolute atomic E-state index is 0.363. The van der Waals surface area contributed by atoms with E-state index in [-0.39, 0.29) is 5.91 Å². The summed E-state index contributed by atoms with van der Waals surface area (Å²) in [6.45, 7) is 2.15. The zero-order valence-corrected chi connectivity index (χ0v) is 9.43. The summed E-state index contributed by atoms with van der Waals surface area (Å²) in [5, 5.41) is 0. The van der Waals surface area contributed by atoms with Crippen molar-refractivity contribution < 1.29 is 19.1 Å². The Hall–Kier alpha value is -1.59.